The fourth-order valence-electron chi connectivity index (χ4n) is 0.180. The molecule has 0 aromatic rings. The van der Waals surface area contributed by atoms with Crippen molar-refractivity contribution in [3.63, 3.8) is 0 Å². The zero-order valence-electron chi connectivity index (χ0n) is 4.75. The molecule has 0 aromatic carbocycles. The Balaban J connectivity index is 4.16. The van der Waals surface area contributed by atoms with Crippen LogP contribution in [0.25, 0.3) is 0 Å². The van der Waals surface area contributed by atoms with E-state index in [4.69, 9.17) is 0 Å². The summed E-state index contributed by atoms with van der Waals surface area (Å²) in [6.45, 7) is -1.90. The summed E-state index contributed by atoms with van der Waals surface area (Å²) >= 11 is 4.30. The van der Waals surface area contributed by atoms with Gasteiger partial charge in [-0.25, -0.2) is 8.57 Å². The van der Waals surface area contributed by atoms with Crippen LogP contribution in [0.1, 0.15) is 0 Å². The molecule has 0 rings (SSSR count). The summed E-state index contributed by atoms with van der Waals surface area (Å²) in [5.74, 6) is 0. The van der Waals surface area contributed by atoms with Crippen LogP contribution in [0.3, 0.4) is 0 Å². The summed E-state index contributed by atoms with van der Waals surface area (Å²) in [6, 6.07) is 0. The number of halogens is 7. The van der Waals surface area contributed by atoms with Crippen molar-refractivity contribution >= 4 is 22.1 Å². The summed E-state index contributed by atoms with van der Waals surface area (Å²) in [7, 11) is -9.93. The lowest BCUT2D eigenvalue weighted by Gasteiger charge is -2.38. The van der Waals surface area contributed by atoms with Crippen LogP contribution in [0.5, 0.6) is 0 Å². The second-order valence-corrected chi connectivity index (χ2v) is 4.08. The highest BCUT2D eigenvalue weighted by molar-refractivity contribution is 8.42. The number of rotatable bonds is 3. The summed E-state index contributed by atoms with van der Waals surface area (Å²) in [5, 5.41) is 0. The molecule has 0 aromatic heterocycles. The van der Waals surface area contributed by atoms with Gasteiger partial charge in [0.2, 0.25) is 0 Å². The quantitative estimate of drug-likeness (QED) is 0.524. The van der Waals surface area contributed by atoms with Gasteiger partial charge in [0, 0.05) is 0 Å². The summed E-state index contributed by atoms with van der Waals surface area (Å²) in [5.41, 5.74) is -2.60. The first-order valence-electron chi connectivity index (χ1n) is 2.07. The molecule has 1 nitrogen and oxygen atoms in total. The molecule has 0 N–H and O–H groups in total. The van der Waals surface area contributed by atoms with Gasteiger partial charge in [-0.05, 0) is 0 Å². The van der Waals surface area contributed by atoms with E-state index in [1.165, 1.54) is 0 Å². The molecular weight excluding hydrogens is 222 g/mol. The van der Waals surface area contributed by atoms with Crippen LogP contribution in [0.4, 0.5) is 23.8 Å². The van der Waals surface area contributed by atoms with Gasteiger partial charge in [0.1, 0.15) is 6.61 Å². The lowest BCUT2D eigenvalue weighted by Crippen LogP contribution is -2.15. The minimum atomic E-state index is -9.93. The molecular formula is C2H3ClF6OS. The van der Waals surface area contributed by atoms with Crippen molar-refractivity contribution in [3.05, 3.63) is 0 Å². The molecule has 0 saturated carbocycles. The van der Waals surface area contributed by atoms with Crippen molar-refractivity contribution in [3.8, 4) is 0 Å². The van der Waals surface area contributed by atoms with Crippen molar-refractivity contribution in [2.45, 2.75) is 5.63 Å². The fraction of sp³-hybridized carbons (Fsp3) is 1.00. The Morgan fingerprint density at radius 3 is 1.64 bits per heavy atom. The van der Waals surface area contributed by atoms with Crippen molar-refractivity contribution in [2.75, 3.05) is 6.61 Å². The number of hydrogen-bond acceptors (Lipinski definition) is 1. The average molecular weight is 225 g/mol. The first-order valence-corrected chi connectivity index (χ1v) is 4.38. The topological polar surface area (TPSA) is 9.23 Å². The normalized spacial score (nSPS) is 22.1. The van der Waals surface area contributed by atoms with E-state index in [1.54, 1.807) is 0 Å². The van der Waals surface area contributed by atoms with Crippen LogP contribution in [-0.4, -0.2) is 12.2 Å². The third-order valence-electron chi connectivity index (χ3n) is 0.417. The van der Waals surface area contributed by atoms with Gasteiger partial charge in [-0.1, -0.05) is 31.0 Å². The van der Waals surface area contributed by atoms with Crippen LogP contribution >= 0.6 is 22.1 Å². The fourth-order valence-corrected chi connectivity index (χ4v) is 0.694. The van der Waals surface area contributed by atoms with Crippen molar-refractivity contribution in [2.24, 2.45) is 0 Å². The molecule has 72 valence electrons. The number of hydrogen-bond donors (Lipinski definition) is 0. The maximum atomic E-state index is 11.4. The molecule has 0 radical (unpaired) electrons. The van der Waals surface area contributed by atoms with Crippen LogP contribution < -0.4 is 0 Å². The Morgan fingerprint density at radius 1 is 1.18 bits per heavy atom. The van der Waals surface area contributed by atoms with Gasteiger partial charge in [0.15, 0.2) is 5.63 Å². The Labute approximate surface area is 63.2 Å². The van der Waals surface area contributed by atoms with E-state index in [9.17, 15) is 23.8 Å². The lowest BCUT2D eigenvalue weighted by molar-refractivity contribution is 0.135. The van der Waals surface area contributed by atoms with Gasteiger partial charge in [0.25, 0.3) is 0 Å². The molecule has 1 unspecified atom stereocenters. The maximum absolute atomic E-state index is 11.4. The zero-order valence-corrected chi connectivity index (χ0v) is 6.32. The molecule has 0 spiro atoms. The summed E-state index contributed by atoms with van der Waals surface area (Å²) < 4.78 is 69.2. The van der Waals surface area contributed by atoms with E-state index < -0.39 is 22.7 Å². The molecule has 0 saturated heterocycles. The minimum Gasteiger partial charge on any atom is -0.235 e. The lowest BCUT2D eigenvalue weighted by atomic mass is 10.8. The van der Waals surface area contributed by atoms with Crippen LogP contribution in [0.15, 0.2) is 0 Å². The summed E-state index contributed by atoms with van der Waals surface area (Å²) in [6.07, 6.45) is 0. The first kappa shape index (κ1) is 11.2. The van der Waals surface area contributed by atoms with Crippen molar-refractivity contribution < 1.29 is 28.0 Å². The van der Waals surface area contributed by atoms with E-state index in [-0.39, 0.29) is 0 Å². The Bertz CT molecular complexity index is 147. The van der Waals surface area contributed by atoms with Crippen LogP contribution in [0, 0.1) is 0 Å². The van der Waals surface area contributed by atoms with Gasteiger partial charge in [-0.15, -0.1) is 0 Å². The Kier molecular flexibility index (Phi) is 2.14. The molecule has 9 heteroatoms. The monoisotopic (exact) mass is 224 g/mol. The van der Waals surface area contributed by atoms with Gasteiger partial charge in [-0.2, -0.15) is 0 Å². The zero-order chi connectivity index (χ0) is 9.40. The molecule has 0 bridgehead atoms. The third-order valence-corrected chi connectivity index (χ3v) is 1.12. The van der Waals surface area contributed by atoms with Gasteiger partial charge < -0.3 is 0 Å². The van der Waals surface area contributed by atoms with Gasteiger partial charge in [-0.3, -0.25) is 0 Å². The van der Waals surface area contributed by atoms with E-state index in [0.717, 1.165) is 0 Å². The maximum Gasteiger partial charge on any atom is 0.397 e. The van der Waals surface area contributed by atoms with E-state index in [1.807, 2.05) is 0 Å². The standard InChI is InChI=1S/C2H3ClF6OS/c3-2(4)1-10-11(5,6,7,8)9/h2H,1H2. The molecule has 0 aliphatic rings. The molecule has 0 amide bonds. The minimum absolute atomic E-state index is 1.90. The number of alkyl halides is 2. The highest BCUT2D eigenvalue weighted by atomic mass is 35.5. The second-order valence-electron chi connectivity index (χ2n) is 1.57. The van der Waals surface area contributed by atoms with Crippen molar-refractivity contribution in [1.82, 2.24) is 0 Å². The highest BCUT2D eigenvalue weighted by Crippen LogP contribution is 2.98. The highest BCUT2D eigenvalue weighted by Gasteiger charge is 2.65. The van der Waals surface area contributed by atoms with E-state index in [2.05, 4.69) is 15.8 Å². The van der Waals surface area contributed by atoms with Crippen molar-refractivity contribution in [1.29, 1.82) is 0 Å². The predicted octanol–water partition coefficient (Wildman–Crippen LogP) is 3.75. The van der Waals surface area contributed by atoms with Gasteiger partial charge >= 0.3 is 10.5 Å². The smallest absolute Gasteiger partial charge is 0.235 e. The largest absolute Gasteiger partial charge is 0.397 e. The van der Waals surface area contributed by atoms with E-state index >= 15 is 0 Å². The first-order chi connectivity index (χ1) is 4.39. The van der Waals surface area contributed by atoms with Crippen LogP contribution in [-0.2, 0) is 4.18 Å². The molecule has 0 fully saturated rings. The Hall–Kier alpha value is 0.180. The Morgan fingerprint density at radius 2 is 1.55 bits per heavy atom. The molecule has 11 heavy (non-hydrogen) atoms. The van der Waals surface area contributed by atoms with Gasteiger partial charge in [0.05, 0.1) is 0 Å². The van der Waals surface area contributed by atoms with Crippen LogP contribution in [0.2, 0.25) is 0 Å². The second kappa shape index (κ2) is 2.11. The molecule has 1 atom stereocenters. The summed E-state index contributed by atoms with van der Waals surface area (Å²) in [4.78, 5) is 0. The molecule has 0 heterocycles. The van der Waals surface area contributed by atoms with E-state index in [0.29, 0.717) is 0 Å². The SMILES string of the molecule is FC(Cl)COS(F)(F)(F)(F)F. The molecule has 0 aliphatic heterocycles. The molecule has 0 aliphatic carbocycles. The predicted molar refractivity (Wildman–Crippen MR) is 29.8 cm³/mol. The average Bonchev–Trinajstić information content (AvgIpc) is 1.56. The third kappa shape index (κ3) is 10.2.